The lowest BCUT2D eigenvalue weighted by Crippen LogP contribution is -2.62. The Morgan fingerprint density at radius 1 is 0.627 bits per heavy atom. The van der Waals surface area contributed by atoms with Crippen LogP contribution in [0.25, 0.3) is 0 Å². The maximum Gasteiger partial charge on any atom is 0.239 e. The molecule has 1 aliphatic carbocycles. The third-order valence-electron chi connectivity index (χ3n) is 11.3. The highest BCUT2D eigenvalue weighted by atomic mass is 19.1. The van der Waals surface area contributed by atoms with Crippen LogP contribution in [0.4, 0.5) is 4.39 Å². The van der Waals surface area contributed by atoms with Crippen LogP contribution in [-0.4, -0.2) is 47.1 Å². The molecule has 1 saturated heterocycles. The summed E-state index contributed by atoms with van der Waals surface area (Å²) in [6, 6.07) is 46.0. The van der Waals surface area contributed by atoms with E-state index in [1.807, 2.05) is 133 Å². The first-order chi connectivity index (χ1) is 29.0. The van der Waals surface area contributed by atoms with Crippen LogP contribution in [0.2, 0.25) is 0 Å². The molecule has 1 aliphatic heterocycles. The number of aromatic nitrogens is 2. The largest absolute Gasteiger partial charge is 0.443 e. The van der Waals surface area contributed by atoms with Gasteiger partial charge < -0.3 is 28.4 Å². The molecule has 2 fully saturated rings. The number of rotatable bonds is 18. The zero-order valence-corrected chi connectivity index (χ0v) is 33.8. The average Bonchev–Trinajstić information content (AvgIpc) is 3.53. The van der Waals surface area contributed by atoms with Gasteiger partial charge in [0, 0.05) is 17.7 Å². The van der Waals surface area contributed by atoms with Gasteiger partial charge in [-0.1, -0.05) is 133 Å². The predicted octanol–water partition coefficient (Wildman–Crippen LogP) is 10.0. The first-order valence-electron chi connectivity index (χ1n) is 20.7. The molecule has 6 aromatic rings. The molecular weight excluding hydrogens is 744 g/mol. The maximum absolute atomic E-state index is 14.9. The summed E-state index contributed by atoms with van der Waals surface area (Å²) < 4.78 is 58.1. The van der Waals surface area contributed by atoms with E-state index in [1.165, 1.54) is 0 Å². The first kappa shape index (κ1) is 40.6. The fourth-order valence-corrected chi connectivity index (χ4v) is 7.71. The molecule has 1 aromatic heterocycles. The number of hydrogen-bond donors (Lipinski definition) is 0. The lowest BCUT2D eigenvalue weighted by molar-refractivity contribution is -0.310. The van der Waals surface area contributed by atoms with E-state index in [9.17, 15) is 4.39 Å². The SMILES string of the molecule is Cc1ccc(Cc2c(O[C@@H]3OC(COCc4ccccc4)[C@@H](OCc4ccccc4)[C@H](OCc4ccccc4)[C@H]3OCc3ccccc3)nn(C3CCC3)c2C)cc1F. The van der Waals surface area contributed by atoms with Crippen LogP contribution in [0.3, 0.4) is 0 Å². The minimum absolute atomic E-state index is 0.204. The van der Waals surface area contributed by atoms with Crippen molar-refractivity contribution in [2.75, 3.05) is 6.61 Å². The summed E-state index contributed by atoms with van der Waals surface area (Å²) in [4.78, 5) is 0. The molecule has 0 N–H and O–H groups in total. The maximum atomic E-state index is 14.9. The quantitative estimate of drug-likeness (QED) is 0.0858. The van der Waals surface area contributed by atoms with E-state index in [0.29, 0.717) is 37.7 Å². The first-order valence-corrected chi connectivity index (χ1v) is 20.7. The molecule has 306 valence electrons. The fraction of sp³-hybridized carbons (Fsp3) is 0.340. The van der Waals surface area contributed by atoms with E-state index in [1.54, 1.807) is 13.0 Å². The third-order valence-corrected chi connectivity index (χ3v) is 11.3. The minimum Gasteiger partial charge on any atom is -0.443 e. The Kier molecular flexibility index (Phi) is 13.6. The minimum atomic E-state index is -0.973. The van der Waals surface area contributed by atoms with Gasteiger partial charge >= 0.3 is 0 Å². The average molecular weight is 797 g/mol. The zero-order chi connectivity index (χ0) is 40.4. The number of aryl methyl sites for hydroxylation is 1. The normalized spacial score (nSPS) is 20.6. The summed E-state index contributed by atoms with van der Waals surface area (Å²) >= 11 is 0. The zero-order valence-electron chi connectivity index (χ0n) is 33.8. The molecule has 2 heterocycles. The monoisotopic (exact) mass is 796 g/mol. The van der Waals surface area contributed by atoms with E-state index in [4.69, 9.17) is 33.5 Å². The summed E-state index contributed by atoms with van der Waals surface area (Å²) in [7, 11) is 0. The van der Waals surface area contributed by atoms with Crippen molar-refractivity contribution < 1.29 is 32.8 Å². The molecule has 0 spiro atoms. The van der Waals surface area contributed by atoms with Crippen LogP contribution in [0, 0.1) is 19.7 Å². The molecular formula is C50H53FN2O6. The van der Waals surface area contributed by atoms with Crippen LogP contribution >= 0.6 is 0 Å². The van der Waals surface area contributed by atoms with Gasteiger partial charge in [-0.3, -0.25) is 4.68 Å². The molecule has 59 heavy (non-hydrogen) atoms. The smallest absolute Gasteiger partial charge is 0.239 e. The highest BCUT2D eigenvalue weighted by molar-refractivity contribution is 5.38. The Labute approximate surface area is 346 Å². The van der Waals surface area contributed by atoms with Gasteiger partial charge in [-0.2, -0.15) is 0 Å². The Balaban J connectivity index is 1.17. The van der Waals surface area contributed by atoms with Crippen LogP contribution < -0.4 is 4.74 Å². The summed E-state index contributed by atoms with van der Waals surface area (Å²) in [5.41, 5.74) is 7.39. The number of halogens is 1. The van der Waals surface area contributed by atoms with E-state index in [2.05, 4.69) is 11.6 Å². The standard InChI is InChI=1S/C50H53FN2O6/c1-35-26-27-41(29-44(35)51)28-43-36(2)53(42-24-15-25-42)52-49(43)59-50-48(57-33-40-22-13-6-14-23-40)47(56-32-39-20-11-5-12-21-39)46(55-31-38-18-9-4-10-19-38)45(58-50)34-54-30-37-16-7-3-8-17-37/h3-14,16-23,26-27,29,42,45-48,50H,15,24-25,28,30-34H2,1-2H3/t45?,46-,47+,48-,50+/m1/s1. The molecule has 0 bridgehead atoms. The lowest BCUT2D eigenvalue weighted by atomic mass is 9.93. The van der Waals surface area contributed by atoms with Crippen molar-refractivity contribution in [3.8, 4) is 5.88 Å². The molecule has 5 atom stereocenters. The summed E-state index contributed by atoms with van der Waals surface area (Å²) in [6.07, 6.45) is 0.0519. The molecule has 8 rings (SSSR count). The Hall–Kier alpha value is -5.16. The summed E-state index contributed by atoms with van der Waals surface area (Å²) in [5.74, 6) is 0.195. The van der Waals surface area contributed by atoms with Crippen LogP contribution in [0.5, 0.6) is 5.88 Å². The van der Waals surface area contributed by atoms with Gasteiger partial charge in [-0.15, -0.1) is 5.10 Å². The Bertz CT molecular complexity index is 2200. The van der Waals surface area contributed by atoms with E-state index >= 15 is 0 Å². The van der Waals surface area contributed by atoms with Crippen LogP contribution in [0.15, 0.2) is 140 Å². The van der Waals surface area contributed by atoms with Gasteiger partial charge in [-0.05, 0) is 72.6 Å². The second-order valence-electron chi connectivity index (χ2n) is 15.6. The van der Waals surface area contributed by atoms with Gasteiger partial charge in [0.25, 0.3) is 0 Å². The van der Waals surface area contributed by atoms with Gasteiger partial charge in [0.15, 0.2) is 0 Å². The molecule has 2 aliphatic rings. The van der Waals surface area contributed by atoms with Crippen molar-refractivity contribution in [3.63, 3.8) is 0 Å². The van der Waals surface area contributed by atoms with Gasteiger partial charge in [0.1, 0.15) is 30.2 Å². The molecule has 9 heteroatoms. The van der Waals surface area contributed by atoms with E-state index < -0.39 is 30.7 Å². The Morgan fingerprint density at radius 3 is 1.68 bits per heavy atom. The molecule has 8 nitrogen and oxygen atoms in total. The van der Waals surface area contributed by atoms with Crippen molar-refractivity contribution in [3.05, 3.63) is 190 Å². The second kappa shape index (κ2) is 19.7. The summed E-state index contributed by atoms with van der Waals surface area (Å²) in [6.45, 7) is 5.37. The predicted molar refractivity (Wildman–Crippen MR) is 224 cm³/mol. The highest BCUT2D eigenvalue weighted by Crippen LogP contribution is 2.38. The molecule has 0 radical (unpaired) electrons. The molecule has 1 saturated carbocycles. The third kappa shape index (κ3) is 10.4. The van der Waals surface area contributed by atoms with Crippen molar-refractivity contribution >= 4 is 0 Å². The van der Waals surface area contributed by atoms with E-state index in [-0.39, 0.29) is 25.1 Å². The molecule has 5 aromatic carbocycles. The lowest BCUT2D eigenvalue weighted by Gasteiger charge is -2.45. The van der Waals surface area contributed by atoms with Crippen molar-refractivity contribution in [1.29, 1.82) is 0 Å². The van der Waals surface area contributed by atoms with E-state index in [0.717, 1.165) is 58.3 Å². The molecule has 0 amide bonds. The van der Waals surface area contributed by atoms with Crippen LogP contribution in [0.1, 0.15) is 69.9 Å². The number of hydrogen-bond acceptors (Lipinski definition) is 7. The van der Waals surface area contributed by atoms with Crippen molar-refractivity contribution in [2.45, 2.75) is 103 Å². The Morgan fingerprint density at radius 2 is 1.15 bits per heavy atom. The van der Waals surface area contributed by atoms with Gasteiger partial charge in [0.2, 0.25) is 12.2 Å². The highest BCUT2D eigenvalue weighted by Gasteiger charge is 2.50. The van der Waals surface area contributed by atoms with Crippen molar-refractivity contribution in [2.24, 2.45) is 0 Å². The second-order valence-corrected chi connectivity index (χ2v) is 15.6. The van der Waals surface area contributed by atoms with Gasteiger partial charge in [-0.25, -0.2) is 4.39 Å². The fourth-order valence-electron chi connectivity index (χ4n) is 7.71. The number of benzene rings is 5. The number of ether oxygens (including phenoxy) is 6. The topological polar surface area (TPSA) is 73.2 Å². The summed E-state index contributed by atoms with van der Waals surface area (Å²) in [5, 5.41) is 5.12. The molecule has 1 unspecified atom stereocenters. The number of nitrogens with zero attached hydrogens (tertiary/aromatic N) is 2. The van der Waals surface area contributed by atoms with Crippen LogP contribution in [-0.2, 0) is 56.5 Å². The van der Waals surface area contributed by atoms with Gasteiger partial charge in [0.05, 0.1) is 39.1 Å². The van der Waals surface area contributed by atoms with Crippen molar-refractivity contribution in [1.82, 2.24) is 9.78 Å².